The van der Waals surface area contributed by atoms with E-state index in [4.69, 9.17) is 16.3 Å². The molecule has 3 rings (SSSR count). The van der Waals surface area contributed by atoms with Crippen LogP contribution in [-0.4, -0.2) is 30.4 Å². The second-order valence-electron chi connectivity index (χ2n) is 5.96. The molecule has 0 bridgehead atoms. The summed E-state index contributed by atoms with van der Waals surface area (Å²) in [7, 11) is 0. The van der Waals surface area contributed by atoms with Crippen molar-refractivity contribution in [2.45, 2.75) is 18.9 Å². The van der Waals surface area contributed by atoms with E-state index in [0.717, 1.165) is 12.8 Å². The van der Waals surface area contributed by atoms with Crippen LogP contribution in [0.2, 0.25) is 5.02 Å². The zero-order chi connectivity index (χ0) is 18.5. The van der Waals surface area contributed by atoms with E-state index in [1.165, 1.54) is 12.1 Å². The fourth-order valence-electron chi connectivity index (χ4n) is 2.23. The lowest BCUT2D eigenvalue weighted by Gasteiger charge is -2.08. The molecule has 0 atom stereocenters. The molecule has 2 N–H and O–H groups in total. The number of esters is 1. The highest BCUT2D eigenvalue weighted by molar-refractivity contribution is 6.30. The Bertz CT molecular complexity index is 832. The number of nitrogens with one attached hydrogen (secondary N) is 2. The number of anilines is 1. The van der Waals surface area contributed by atoms with Gasteiger partial charge in [0.2, 0.25) is 0 Å². The molecule has 0 aromatic heterocycles. The van der Waals surface area contributed by atoms with Gasteiger partial charge in [0.15, 0.2) is 6.61 Å². The molecular weight excluding hydrogens is 356 g/mol. The lowest BCUT2D eigenvalue weighted by molar-refractivity contribution is -0.119. The van der Waals surface area contributed by atoms with Crippen LogP contribution in [0.3, 0.4) is 0 Å². The lowest BCUT2D eigenvalue weighted by Crippen LogP contribution is -2.25. The summed E-state index contributed by atoms with van der Waals surface area (Å²) in [5, 5.41) is 5.99. The second kappa shape index (κ2) is 8.01. The van der Waals surface area contributed by atoms with E-state index in [0.29, 0.717) is 21.8 Å². The Morgan fingerprint density at radius 2 is 1.77 bits per heavy atom. The third-order valence-electron chi connectivity index (χ3n) is 3.74. The maximum absolute atomic E-state index is 12.0. The van der Waals surface area contributed by atoms with E-state index in [-0.39, 0.29) is 11.9 Å². The fraction of sp³-hybridized carbons (Fsp3) is 0.211. The molecule has 0 radical (unpaired) electrons. The van der Waals surface area contributed by atoms with Gasteiger partial charge in [-0.1, -0.05) is 17.7 Å². The highest BCUT2D eigenvalue weighted by atomic mass is 35.5. The highest BCUT2D eigenvalue weighted by Crippen LogP contribution is 2.20. The number of hydrogen-bond donors (Lipinski definition) is 2. The number of rotatable bonds is 6. The van der Waals surface area contributed by atoms with Gasteiger partial charge >= 0.3 is 5.97 Å². The SMILES string of the molecule is O=C(COC(=O)c1ccc(Cl)cc1)Nc1cccc(C(=O)NC2CC2)c1. The van der Waals surface area contributed by atoms with Crippen molar-refractivity contribution in [3.8, 4) is 0 Å². The molecule has 0 saturated heterocycles. The van der Waals surface area contributed by atoms with Crippen molar-refractivity contribution in [1.82, 2.24) is 5.32 Å². The predicted molar refractivity (Wildman–Crippen MR) is 97.3 cm³/mol. The molecule has 0 aliphatic heterocycles. The Kier molecular flexibility index (Phi) is 5.53. The van der Waals surface area contributed by atoms with Crippen LogP contribution in [0.1, 0.15) is 33.6 Å². The smallest absolute Gasteiger partial charge is 0.338 e. The van der Waals surface area contributed by atoms with Crippen molar-refractivity contribution >= 4 is 35.1 Å². The molecule has 1 fully saturated rings. The number of halogens is 1. The Hall–Kier alpha value is -2.86. The molecule has 2 aromatic carbocycles. The van der Waals surface area contributed by atoms with Crippen molar-refractivity contribution < 1.29 is 19.1 Å². The van der Waals surface area contributed by atoms with Gasteiger partial charge in [0.1, 0.15) is 0 Å². The maximum atomic E-state index is 12.0. The van der Waals surface area contributed by atoms with Gasteiger partial charge in [-0.15, -0.1) is 0 Å². The summed E-state index contributed by atoms with van der Waals surface area (Å²) in [6.07, 6.45) is 2.00. The standard InChI is InChI=1S/C19H17ClN2O4/c20-14-6-4-12(5-7-14)19(25)26-11-17(23)21-16-3-1-2-13(10-16)18(24)22-15-8-9-15/h1-7,10,15H,8-9,11H2,(H,21,23)(H,22,24). The lowest BCUT2D eigenvalue weighted by atomic mass is 10.2. The van der Waals surface area contributed by atoms with E-state index in [2.05, 4.69) is 10.6 Å². The van der Waals surface area contributed by atoms with Crippen LogP contribution in [-0.2, 0) is 9.53 Å². The van der Waals surface area contributed by atoms with Crippen LogP contribution in [0.15, 0.2) is 48.5 Å². The molecule has 1 aliphatic carbocycles. The summed E-state index contributed by atoms with van der Waals surface area (Å²) < 4.78 is 4.97. The van der Waals surface area contributed by atoms with Crippen molar-refractivity contribution in [3.63, 3.8) is 0 Å². The normalized spacial score (nSPS) is 13.0. The van der Waals surface area contributed by atoms with Crippen LogP contribution < -0.4 is 10.6 Å². The minimum Gasteiger partial charge on any atom is -0.452 e. The summed E-state index contributed by atoms with van der Waals surface area (Å²) in [6, 6.07) is 13.0. The Morgan fingerprint density at radius 3 is 2.46 bits per heavy atom. The molecule has 2 amide bonds. The minimum atomic E-state index is -0.616. The van der Waals surface area contributed by atoms with E-state index >= 15 is 0 Å². The molecule has 134 valence electrons. The first-order valence-corrected chi connectivity index (χ1v) is 8.52. The first-order valence-electron chi connectivity index (χ1n) is 8.15. The number of ether oxygens (including phenoxy) is 1. The molecular formula is C19H17ClN2O4. The Morgan fingerprint density at radius 1 is 1.04 bits per heavy atom. The minimum absolute atomic E-state index is 0.169. The number of carbonyl (C=O) groups is 3. The molecule has 26 heavy (non-hydrogen) atoms. The third-order valence-corrected chi connectivity index (χ3v) is 3.99. The molecule has 0 heterocycles. The number of amides is 2. The van der Waals surface area contributed by atoms with Gasteiger partial charge in [-0.2, -0.15) is 0 Å². The van der Waals surface area contributed by atoms with Crippen LogP contribution in [0, 0.1) is 0 Å². The average Bonchev–Trinajstić information content (AvgIpc) is 3.44. The summed E-state index contributed by atoms with van der Waals surface area (Å²) in [5.74, 6) is -1.28. The van der Waals surface area contributed by atoms with Crippen molar-refractivity contribution in [2.24, 2.45) is 0 Å². The van der Waals surface area contributed by atoms with Crippen LogP contribution >= 0.6 is 11.6 Å². The van der Waals surface area contributed by atoms with Crippen LogP contribution in [0.5, 0.6) is 0 Å². The van der Waals surface area contributed by atoms with Gasteiger partial charge < -0.3 is 15.4 Å². The molecule has 2 aromatic rings. The molecule has 0 spiro atoms. The first kappa shape index (κ1) is 17.9. The van der Waals surface area contributed by atoms with Gasteiger partial charge in [-0.25, -0.2) is 4.79 Å². The summed E-state index contributed by atoms with van der Waals surface area (Å²) in [4.78, 5) is 35.9. The van der Waals surface area contributed by atoms with Crippen LogP contribution in [0.25, 0.3) is 0 Å². The quantitative estimate of drug-likeness (QED) is 0.763. The van der Waals surface area contributed by atoms with Gasteiger partial charge in [-0.05, 0) is 55.3 Å². The largest absolute Gasteiger partial charge is 0.452 e. The third kappa shape index (κ3) is 5.07. The number of carbonyl (C=O) groups excluding carboxylic acids is 3. The monoisotopic (exact) mass is 372 g/mol. The topological polar surface area (TPSA) is 84.5 Å². The highest BCUT2D eigenvalue weighted by Gasteiger charge is 2.23. The number of benzene rings is 2. The van der Waals surface area contributed by atoms with Gasteiger partial charge in [0, 0.05) is 22.3 Å². The van der Waals surface area contributed by atoms with Crippen molar-refractivity contribution in [3.05, 3.63) is 64.7 Å². The van der Waals surface area contributed by atoms with Gasteiger partial charge in [0.05, 0.1) is 5.56 Å². The van der Waals surface area contributed by atoms with Gasteiger partial charge in [0.25, 0.3) is 11.8 Å². The summed E-state index contributed by atoms with van der Waals surface area (Å²) >= 11 is 5.76. The molecule has 1 saturated carbocycles. The second-order valence-corrected chi connectivity index (χ2v) is 6.40. The zero-order valence-corrected chi connectivity index (χ0v) is 14.6. The van der Waals surface area contributed by atoms with Crippen molar-refractivity contribution in [1.29, 1.82) is 0 Å². The van der Waals surface area contributed by atoms with Gasteiger partial charge in [-0.3, -0.25) is 9.59 Å². The Balaban J connectivity index is 1.52. The summed E-state index contributed by atoms with van der Waals surface area (Å²) in [5.41, 5.74) is 1.23. The molecule has 1 aliphatic rings. The predicted octanol–water partition coefficient (Wildman–Crippen LogP) is 3.03. The Labute approximate surface area is 155 Å². The molecule has 7 heteroatoms. The van der Waals surface area contributed by atoms with E-state index in [9.17, 15) is 14.4 Å². The van der Waals surface area contributed by atoms with Crippen molar-refractivity contribution in [2.75, 3.05) is 11.9 Å². The molecule has 6 nitrogen and oxygen atoms in total. The molecule has 0 unspecified atom stereocenters. The summed E-state index contributed by atoms with van der Waals surface area (Å²) in [6.45, 7) is -0.431. The van der Waals surface area contributed by atoms with E-state index in [1.807, 2.05) is 0 Å². The number of hydrogen-bond acceptors (Lipinski definition) is 4. The van der Waals surface area contributed by atoms with Crippen LogP contribution in [0.4, 0.5) is 5.69 Å². The maximum Gasteiger partial charge on any atom is 0.338 e. The first-order chi connectivity index (χ1) is 12.5. The zero-order valence-electron chi connectivity index (χ0n) is 13.8. The average molecular weight is 373 g/mol. The van der Waals surface area contributed by atoms with E-state index in [1.54, 1.807) is 36.4 Å². The van der Waals surface area contributed by atoms with E-state index < -0.39 is 18.5 Å². The fourth-order valence-corrected chi connectivity index (χ4v) is 2.36.